The second kappa shape index (κ2) is 9.49. The molecule has 0 radical (unpaired) electrons. The molecule has 1 aliphatic rings. The molecule has 1 saturated carbocycles. The molecule has 2 atom stereocenters. The van der Waals surface area contributed by atoms with Crippen LogP contribution in [0.25, 0.3) is 5.13 Å². The lowest BCUT2D eigenvalue weighted by Crippen LogP contribution is -2.28. The minimum absolute atomic E-state index is 0.0250. The number of aryl methyl sites for hydroxylation is 1. The first kappa shape index (κ1) is 22.0. The van der Waals surface area contributed by atoms with Gasteiger partial charge in [0.25, 0.3) is 5.91 Å². The van der Waals surface area contributed by atoms with E-state index in [1.807, 2.05) is 13.0 Å². The number of hydrogen-bond donors (Lipinski definition) is 2. The van der Waals surface area contributed by atoms with E-state index in [0.29, 0.717) is 23.3 Å². The Hall–Kier alpha value is -3.25. The molecule has 1 unspecified atom stereocenters. The van der Waals surface area contributed by atoms with Gasteiger partial charge >= 0.3 is 5.63 Å². The number of carbonyl (C=O) groups is 1. The third-order valence-electron chi connectivity index (χ3n) is 5.36. The highest BCUT2D eigenvalue weighted by Crippen LogP contribution is 2.32. The molecule has 0 aromatic carbocycles. The molecule has 2 N–H and O–H groups in total. The van der Waals surface area contributed by atoms with E-state index >= 15 is 0 Å². The number of hydrogen-bond acceptors (Lipinski definition) is 10. The topological polar surface area (TPSA) is 133 Å². The maximum Gasteiger partial charge on any atom is 0.381 e. The molecule has 3 aromatic heterocycles. The zero-order valence-electron chi connectivity index (χ0n) is 18.0. The van der Waals surface area contributed by atoms with Crippen LogP contribution in [0.4, 0.5) is 10.8 Å². The summed E-state index contributed by atoms with van der Waals surface area (Å²) in [6, 6.07) is 3.41. The first-order valence-corrected chi connectivity index (χ1v) is 10.9. The Kier molecular flexibility index (Phi) is 6.51. The molecule has 3 aromatic rings. The van der Waals surface area contributed by atoms with Gasteiger partial charge in [0.15, 0.2) is 5.76 Å². The fourth-order valence-electron chi connectivity index (χ4n) is 3.81. The maximum atomic E-state index is 12.8. The number of nitrogens with zero attached hydrogens (tertiary/aromatic N) is 4. The Labute approximate surface area is 187 Å². The fraction of sp³-hybridized carbons (Fsp3) is 0.450. The molecule has 170 valence electrons. The Balaban J connectivity index is 1.54. The highest BCUT2D eigenvalue weighted by molar-refractivity contribution is 7.17. The Bertz CT molecular complexity index is 1160. The molecule has 1 fully saturated rings. The van der Waals surface area contributed by atoms with Crippen LogP contribution in [-0.2, 0) is 4.74 Å². The van der Waals surface area contributed by atoms with E-state index in [4.69, 9.17) is 13.9 Å². The van der Waals surface area contributed by atoms with E-state index in [9.17, 15) is 9.59 Å². The van der Waals surface area contributed by atoms with Crippen LogP contribution in [0.5, 0.6) is 5.75 Å². The predicted molar refractivity (Wildman–Crippen MR) is 118 cm³/mol. The lowest BCUT2D eigenvalue weighted by atomic mass is 10.0. The third kappa shape index (κ3) is 4.50. The van der Waals surface area contributed by atoms with Crippen molar-refractivity contribution in [1.29, 1.82) is 0 Å². The average molecular weight is 461 g/mol. The number of nitrogens with one attached hydrogen (secondary N) is 2. The SMILES string of the molecule is COC[C@@H]1CCCC1Nc1cc(C(=O)Nc2nnc(-n3nccc3C)s2)oc(=O)c1OC. The van der Waals surface area contributed by atoms with Crippen molar-refractivity contribution in [3.8, 4) is 10.9 Å². The van der Waals surface area contributed by atoms with E-state index in [1.54, 1.807) is 18.0 Å². The molecule has 0 bridgehead atoms. The van der Waals surface area contributed by atoms with Gasteiger partial charge in [-0.3, -0.25) is 10.1 Å². The summed E-state index contributed by atoms with van der Waals surface area (Å²) in [5.74, 6) is -0.448. The number of anilines is 2. The van der Waals surface area contributed by atoms with Gasteiger partial charge in [-0.1, -0.05) is 17.8 Å². The van der Waals surface area contributed by atoms with Gasteiger partial charge in [-0.15, -0.1) is 10.2 Å². The molecular formula is C20H24N6O5S. The second-order valence-corrected chi connectivity index (χ2v) is 8.43. The van der Waals surface area contributed by atoms with Crippen LogP contribution in [-0.4, -0.2) is 52.8 Å². The molecule has 1 aliphatic carbocycles. The molecule has 0 spiro atoms. The van der Waals surface area contributed by atoms with Gasteiger partial charge in [0.2, 0.25) is 16.0 Å². The lowest BCUT2D eigenvalue weighted by Gasteiger charge is -2.22. The van der Waals surface area contributed by atoms with Crippen molar-refractivity contribution in [2.45, 2.75) is 32.2 Å². The molecule has 0 saturated heterocycles. The summed E-state index contributed by atoms with van der Waals surface area (Å²) in [7, 11) is 3.06. The number of aromatic nitrogens is 4. The molecule has 3 heterocycles. The van der Waals surface area contributed by atoms with Crippen LogP contribution < -0.4 is 21.0 Å². The monoisotopic (exact) mass is 460 g/mol. The van der Waals surface area contributed by atoms with E-state index in [0.717, 1.165) is 36.3 Å². The first-order chi connectivity index (χ1) is 15.5. The fourth-order valence-corrected chi connectivity index (χ4v) is 4.57. The highest BCUT2D eigenvalue weighted by atomic mass is 32.1. The number of carbonyl (C=O) groups excluding carboxylic acids is 1. The summed E-state index contributed by atoms with van der Waals surface area (Å²) in [5.41, 5.74) is 0.552. The number of amides is 1. The van der Waals surface area contributed by atoms with Gasteiger partial charge in [0.1, 0.15) is 0 Å². The van der Waals surface area contributed by atoms with Gasteiger partial charge < -0.3 is 19.2 Å². The minimum atomic E-state index is -0.742. The molecule has 11 nitrogen and oxygen atoms in total. The average Bonchev–Trinajstić information content (AvgIpc) is 3.50. The molecule has 32 heavy (non-hydrogen) atoms. The van der Waals surface area contributed by atoms with Crippen LogP contribution in [0.1, 0.15) is 35.5 Å². The summed E-state index contributed by atoms with van der Waals surface area (Å²) >= 11 is 1.15. The molecule has 0 aliphatic heterocycles. The van der Waals surface area contributed by atoms with Gasteiger partial charge in [-0.25, -0.2) is 9.48 Å². The van der Waals surface area contributed by atoms with Crippen molar-refractivity contribution in [3.05, 3.63) is 40.2 Å². The van der Waals surface area contributed by atoms with Gasteiger partial charge in [0, 0.05) is 37.0 Å². The number of ether oxygens (including phenoxy) is 2. The normalized spacial score (nSPS) is 18.0. The Morgan fingerprint density at radius 2 is 2.19 bits per heavy atom. The van der Waals surface area contributed by atoms with E-state index < -0.39 is 11.5 Å². The van der Waals surface area contributed by atoms with Crippen molar-refractivity contribution in [1.82, 2.24) is 20.0 Å². The van der Waals surface area contributed by atoms with Crippen molar-refractivity contribution >= 4 is 28.1 Å². The van der Waals surface area contributed by atoms with Gasteiger partial charge in [0.05, 0.1) is 19.4 Å². The summed E-state index contributed by atoms with van der Waals surface area (Å²) in [4.78, 5) is 25.2. The van der Waals surface area contributed by atoms with Crippen molar-refractivity contribution in [2.75, 3.05) is 31.5 Å². The van der Waals surface area contributed by atoms with Crippen molar-refractivity contribution in [2.24, 2.45) is 5.92 Å². The predicted octanol–water partition coefficient (Wildman–Crippen LogP) is 2.47. The van der Waals surface area contributed by atoms with Crippen LogP contribution in [0.3, 0.4) is 0 Å². The highest BCUT2D eigenvalue weighted by Gasteiger charge is 2.29. The molecule has 12 heteroatoms. The number of methoxy groups -OCH3 is 2. The van der Waals surface area contributed by atoms with Crippen LogP contribution >= 0.6 is 11.3 Å². The minimum Gasteiger partial charge on any atom is -0.488 e. The second-order valence-electron chi connectivity index (χ2n) is 7.47. The van der Waals surface area contributed by atoms with Crippen LogP contribution in [0, 0.1) is 12.8 Å². The van der Waals surface area contributed by atoms with Crippen molar-refractivity contribution in [3.63, 3.8) is 0 Å². The zero-order chi connectivity index (χ0) is 22.7. The number of rotatable bonds is 8. The molecule has 4 rings (SSSR count). The van der Waals surface area contributed by atoms with E-state index in [1.165, 1.54) is 13.2 Å². The van der Waals surface area contributed by atoms with Gasteiger partial charge in [-0.2, -0.15) is 5.10 Å². The largest absolute Gasteiger partial charge is 0.488 e. The summed E-state index contributed by atoms with van der Waals surface area (Å²) in [6.45, 7) is 2.50. The summed E-state index contributed by atoms with van der Waals surface area (Å²) in [6.07, 6.45) is 4.66. The summed E-state index contributed by atoms with van der Waals surface area (Å²) < 4.78 is 17.3. The van der Waals surface area contributed by atoms with Crippen LogP contribution in [0.15, 0.2) is 27.5 Å². The molecule has 1 amide bonds. The molecular weight excluding hydrogens is 436 g/mol. The standard InChI is InChI=1S/C20H24N6O5S/c1-11-7-8-21-26(11)20-25-24-19(32-20)23-17(27)15-9-14(16(30-3)18(28)31-15)22-13-6-4-5-12(13)10-29-2/h7-9,12-13,22H,4-6,10H2,1-3H3,(H,23,24,27)/t12-,13?/m0/s1. The Morgan fingerprint density at radius 3 is 2.91 bits per heavy atom. The third-order valence-corrected chi connectivity index (χ3v) is 6.18. The Morgan fingerprint density at radius 1 is 1.34 bits per heavy atom. The zero-order valence-corrected chi connectivity index (χ0v) is 18.8. The smallest absolute Gasteiger partial charge is 0.381 e. The van der Waals surface area contributed by atoms with Gasteiger partial charge in [-0.05, 0) is 25.8 Å². The van der Waals surface area contributed by atoms with Crippen molar-refractivity contribution < 1.29 is 18.7 Å². The van der Waals surface area contributed by atoms with Crippen LogP contribution in [0.2, 0.25) is 0 Å². The summed E-state index contributed by atoms with van der Waals surface area (Å²) in [5, 5.41) is 18.9. The maximum absolute atomic E-state index is 12.8. The first-order valence-electron chi connectivity index (χ1n) is 10.1. The van der Waals surface area contributed by atoms with E-state index in [2.05, 4.69) is 25.9 Å². The lowest BCUT2D eigenvalue weighted by molar-refractivity contribution is 0.0991. The quantitative estimate of drug-likeness (QED) is 0.520. The van der Waals surface area contributed by atoms with E-state index in [-0.39, 0.29) is 22.7 Å².